The second kappa shape index (κ2) is 3.80. The van der Waals surface area contributed by atoms with Crippen molar-refractivity contribution in [2.45, 2.75) is 6.92 Å². The number of hydrogen-bond donors (Lipinski definition) is 0. The van der Waals surface area contributed by atoms with Gasteiger partial charge < -0.3 is 9.05 Å². The zero-order chi connectivity index (χ0) is 8.27. The average molecular weight is 190 g/mol. The topological polar surface area (TPSA) is 44.2 Å². The average Bonchev–Trinajstić information content (AvgIpc) is 2.04. The fourth-order valence-corrected chi connectivity index (χ4v) is 1.10. The van der Waals surface area contributed by atoms with Gasteiger partial charge in [-0.25, -0.2) is 4.98 Å². The molecule has 0 fully saturated rings. The van der Waals surface area contributed by atoms with Crippen LogP contribution in [-0.4, -0.2) is 9.97 Å². The van der Waals surface area contributed by atoms with Crippen molar-refractivity contribution >= 4 is 18.9 Å². The van der Waals surface area contributed by atoms with Crippen LogP contribution in [0.3, 0.4) is 0 Å². The van der Waals surface area contributed by atoms with Crippen LogP contribution in [0.4, 0.5) is 0 Å². The highest BCUT2D eigenvalue weighted by Crippen LogP contribution is 2.28. The molecule has 0 spiro atoms. The number of aryl methyl sites for hydroxylation is 1. The van der Waals surface area contributed by atoms with E-state index in [9.17, 15) is 0 Å². The van der Waals surface area contributed by atoms with Crippen molar-refractivity contribution in [3.8, 4) is 11.6 Å². The summed E-state index contributed by atoms with van der Waals surface area (Å²) in [6, 6.07) is 0. The summed E-state index contributed by atoms with van der Waals surface area (Å²) in [6.45, 7) is 1.81. The lowest BCUT2D eigenvalue weighted by atomic mass is 10.4. The van der Waals surface area contributed by atoms with Gasteiger partial charge in [-0.15, -0.1) is 0 Å². The number of rotatable bonds is 2. The summed E-state index contributed by atoms with van der Waals surface area (Å²) < 4.78 is 9.76. The zero-order valence-electron chi connectivity index (χ0n) is 5.94. The third-order valence-corrected chi connectivity index (χ3v) is 1.64. The Kier molecular flexibility index (Phi) is 2.98. The number of hydrogen-bond acceptors (Lipinski definition) is 4. The summed E-state index contributed by atoms with van der Waals surface area (Å²) in [5, 5.41) is 0. The van der Waals surface area contributed by atoms with Crippen molar-refractivity contribution in [2.75, 3.05) is 0 Å². The second-order valence-corrected chi connectivity index (χ2v) is 2.30. The molecule has 0 saturated carbocycles. The van der Waals surface area contributed by atoms with Gasteiger partial charge >= 0.3 is 0 Å². The summed E-state index contributed by atoms with van der Waals surface area (Å²) in [5.74, 6) is 0.949. The van der Waals surface area contributed by atoms with Gasteiger partial charge in [0.05, 0.1) is 24.6 Å². The zero-order valence-corrected chi connectivity index (χ0v) is 8.25. The molecule has 1 aromatic rings. The lowest BCUT2D eigenvalue weighted by Crippen LogP contribution is -1.91. The summed E-state index contributed by atoms with van der Waals surface area (Å²) in [4.78, 5) is 7.76. The fraction of sp³-hybridized carbons (Fsp3) is 0.200. The Morgan fingerprint density at radius 3 is 2.45 bits per heavy atom. The quantitative estimate of drug-likeness (QED) is 0.655. The molecule has 60 valence electrons. The van der Waals surface area contributed by atoms with Crippen LogP contribution in [0.5, 0.6) is 11.6 Å². The van der Waals surface area contributed by atoms with E-state index in [1.165, 1.54) is 6.33 Å². The highest BCUT2D eigenvalue weighted by molar-refractivity contribution is 7.10. The maximum absolute atomic E-state index is 4.92. The SMILES string of the molecule is Cc1ncnc(OP)c1OP. The summed E-state index contributed by atoms with van der Waals surface area (Å²) in [7, 11) is 4.22. The van der Waals surface area contributed by atoms with E-state index in [-0.39, 0.29) is 0 Å². The van der Waals surface area contributed by atoms with Crippen LogP contribution in [0.15, 0.2) is 6.33 Å². The van der Waals surface area contributed by atoms with Gasteiger partial charge in [0.25, 0.3) is 5.88 Å². The Hall–Kier alpha value is -0.460. The minimum atomic E-state index is 0.414. The van der Waals surface area contributed by atoms with E-state index in [0.29, 0.717) is 11.6 Å². The van der Waals surface area contributed by atoms with Gasteiger partial charge in [0.15, 0.2) is 0 Å². The highest BCUT2D eigenvalue weighted by Gasteiger charge is 2.07. The first-order valence-corrected chi connectivity index (χ1v) is 3.79. The van der Waals surface area contributed by atoms with Crippen molar-refractivity contribution < 1.29 is 9.05 Å². The van der Waals surface area contributed by atoms with Crippen molar-refractivity contribution in [3.63, 3.8) is 0 Å². The molecule has 0 bridgehead atoms. The first kappa shape index (κ1) is 8.63. The van der Waals surface area contributed by atoms with Crippen LogP contribution in [-0.2, 0) is 0 Å². The molecule has 0 aliphatic heterocycles. The molecule has 2 atom stereocenters. The Bertz CT molecular complexity index is 256. The van der Waals surface area contributed by atoms with E-state index >= 15 is 0 Å². The van der Waals surface area contributed by atoms with E-state index in [0.717, 1.165) is 5.69 Å². The molecule has 1 heterocycles. The van der Waals surface area contributed by atoms with Crippen LogP contribution < -0.4 is 9.05 Å². The van der Waals surface area contributed by atoms with Gasteiger partial charge in [0.2, 0.25) is 5.75 Å². The molecule has 2 unspecified atom stereocenters. The third-order valence-electron chi connectivity index (χ3n) is 1.18. The third kappa shape index (κ3) is 1.76. The summed E-state index contributed by atoms with van der Waals surface area (Å²) in [6.07, 6.45) is 1.42. The summed E-state index contributed by atoms with van der Waals surface area (Å²) in [5.41, 5.74) is 0.743. The molecule has 0 N–H and O–H groups in total. The van der Waals surface area contributed by atoms with Crippen molar-refractivity contribution in [2.24, 2.45) is 0 Å². The van der Waals surface area contributed by atoms with Crippen molar-refractivity contribution in [3.05, 3.63) is 12.0 Å². The van der Waals surface area contributed by atoms with Gasteiger partial charge in [0, 0.05) is 0 Å². The molecular formula is C5H8N2O2P2. The molecule has 0 amide bonds. The molecule has 0 aliphatic rings. The van der Waals surface area contributed by atoms with E-state index in [1.54, 1.807) is 0 Å². The molecular weight excluding hydrogens is 182 g/mol. The molecule has 0 aromatic carbocycles. The van der Waals surface area contributed by atoms with E-state index < -0.39 is 0 Å². The van der Waals surface area contributed by atoms with Crippen molar-refractivity contribution in [1.82, 2.24) is 9.97 Å². The maximum Gasteiger partial charge on any atom is 0.262 e. The van der Waals surface area contributed by atoms with Crippen LogP contribution in [0.1, 0.15) is 5.69 Å². The minimum absolute atomic E-state index is 0.414. The van der Waals surface area contributed by atoms with Crippen LogP contribution >= 0.6 is 18.9 Å². The lowest BCUT2D eigenvalue weighted by molar-refractivity contribution is 0.538. The Labute approximate surface area is 69.3 Å². The molecule has 1 aromatic heterocycles. The molecule has 0 aliphatic carbocycles. The smallest absolute Gasteiger partial charge is 0.262 e. The first-order valence-electron chi connectivity index (χ1n) is 2.84. The van der Waals surface area contributed by atoms with Gasteiger partial charge in [-0.1, -0.05) is 0 Å². The highest BCUT2D eigenvalue weighted by atomic mass is 31.0. The molecule has 0 radical (unpaired) electrons. The van der Waals surface area contributed by atoms with Crippen LogP contribution in [0.2, 0.25) is 0 Å². The predicted molar refractivity (Wildman–Crippen MR) is 47.4 cm³/mol. The normalized spacial score (nSPS) is 9.36. The molecule has 4 nitrogen and oxygen atoms in total. The van der Waals surface area contributed by atoms with Gasteiger partial charge in [-0.05, 0) is 6.92 Å². The number of aromatic nitrogens is 2. The largest absolute Gasteiger partial charge is 0.473 e. The molecule has 11 heavy (non-hydrogen) atoms. The standard InChI is InChI=1S/C5H8N2O2P2/c1-3-4(8-10)5(9-11)7-2-6-3/h2H,10-11H2,1H3. The fourth-order valence-electron chi connectivity index (χ4n) is 0.660. The van der Waals surface area contributed by atoms with E-state index in [4.69, 9.17) is 9.05 Å². The monoisotopic (exact) mass is 190 g/mol. The van der Waals surface area contributed by atoms with Gasteiger partial charge in [-0.3, -0.25) is 0 Å². The van der Waals surface area contributed by atoms with Gasteiger partial charge in [0.1, 0.15) is 6.33 Å². The first-order chi connectivity index (χ1) is 5.29. The minimum Gasteiger partial charge on any atom is -0.473 e. The van der Waals surface area contributed by atoms with Crippen molar-refractivity contribution in [1.29, 1.82) is 0 Å². The predicted octanol–water partition coefficient (Wildman–Crippen LogP) is 1.12. The second-order valence-electron chi connectivity index (χ2n) is 1.83. The molecule has 1 rings (SSSR count). The number of nitrogens with zero attached hydrogens (tertiary/aromatic N) is 2. The van der Waals surface area contributed by atoms with Crippen LogP contribution in [0, 0.1) is 6.92 Å². The van der Waals surface area contributed by atoms with Crippen LogP contribution in [0.25, 0.3) is 0 Å². The Balaban J connectivity index is 3.13. The van der Waals surface area contributed by atoms with E-state index in [1.807, 2.05) is 6.92 Å². The summed E-state index contributed by atoms with van der Waals surface area (Å²) >= 11 is 0. The Morgan fingerprint density at radius 2 is 2.00 bits per heavy atom. The van der Waals surface area contributed by atoms with E-state index in [2.05, 4.69) is 28.9 Å². The molecule has 0 saturated heterocycles. The van der Waals surface area contributed by atoms with Gasteiger partial charge in [-0.2, -0.15) is 4.98 Å². The lowest BCUT2D eigenvalue weighted by Gasteiger charge is -2.05. The molecule has 6 heteroatoms. The maximum atomic E-state index is 4.92. The Morgan fingerprint density at radius 1 is 1.27 bits per heavy atom.